The van der Waals surface area contributed by atoms with Gasteiger partial charge in [-0.05, 0) is 29.7 Å². The molecule has 0 aliphatic carbocycles. The number of carbonyl (C=O) groups is 2. The summed E-state index contributed by atoms with van der Waals surface area (Å²) in [5, 5.41) is 14.8. The van der Waals surface area contributed by atoms with Crippen LogP contribution in [0.2, 0.25) is 0 Å². The van der Waals surface area contributed by atoms with Crippen LogP contribution >= 0.6 is 0 Å². The van der Waals surface area contributed by atoms with E-state index in [-0.39, 0.29) is 30.0 Å². The predicted molar refractivity (Wildman–Crippen MR) is 88.0 cm³/mol. The molecule has 3 N–H and O–H groups in total. The van der Waals surface area contributed by atoms with Crippen LogP contribution in [0.3, 0.4) is 0 Å². The molecule has 0 fully saturated rings. The van der Waals surface area contributed by atoms with Crippen LogP contribution in [-0.2, 0) is 4.79 Å². The second-order valence-corrected chi connectivity index (χ2v) is 6.32. The Hall–Kier alpha value is -2.08. The number of amides is 3. The van der Waals surface area contributed by atoms with Crippen LogP contribution < -0.4 is 15.5 Å². The number of urea groups is 1. The smallest absolute Gasteiger partial charge is 0.319 e. The molecule has 6 heteroatoms. The molecule has 3 amide bonds. The third kappa shape index (κ3) is 5.04. The zero-order chi connectivity index (χ0) is 16.9. The number of benzene rings is 1. The second-order valence-electron chi connectivity index (χ2n) is 6.32. The second kappa shape index (κ2) is 7.26. The van der Waals surface area contributed by atoms with Crippen LogP contribution in [0.25, 0.3) is 0 Å². The van der Waals surface area contributed by atoms with E-state index in [4.69, 9.17) is 0 Å². The summed E-state index contributed by atoms with van der Waals surface area (Å²) in [5.74, 6) is -0.0607. The van der Waals surface area contributed by atoms with Crippen molar-refractivity contribution in [2.24, 2.45) is 5.41 Å². The molecule has 1 aromatic rings. The Morgan fingerprint density at radius 1 is 1.23 bits per heavy atom. The van der Waals surface area contributed by atoms with E-state index in [9.17, 15) is 14.7 Å². The van der Waals surface area contributed by atoms with E-state index in [1.54, 1.807) is 31.3 Å². The number of hydrogen-bond acceptors (Lipinski definition) is 3. The summed E-state index contributed by atoms with van der Waals surface area (Å²) in [6, 6.07) is 6.24. The van der Waals surface area contributed by atoms with Crippen molar-refractivity contribution in [3.8, 4) is 0 Å². The van der Waals surface area contributed by atoms with Gasteiger partial charge in [0.25, 0.3) is 0 Å². The number of aliphatic hydroxyl groups is 1. The van der Waals surface area contributed by atoms with Crippen molar-refractivity contribution in [1.82, 2.24) is 5.32 Å². The van der Waals surface area contributed by atoms with Crippen LogP contribution in [0.15, 0.2) is 24.3 Å². The molecule has 0 radical (unpaired) electrons. The molecular weight excluding hydrogens is 282 g/mol. The van der Waals surface area contributed by atoms with Crippen molar-refractivity contribution in [2.45, 2.75) is 33.7 Å². The summed E-state index contributed by atoms with van der Waals surface area (Å²) in [5.41, 5.74) is 1.13. The van der Waals surface area contributed by atoms with Crippen LogP contribution in [0, 0.1) is 5.41 Å². The molecule has 22 heavy (non-hydrogen) atoms. The van der Waals surface area contributed by atoms with E-state index in [2.05, 4.69) is 10.6 Å². The van der Waals surface area contributed by atoms with Gasteiger partial charge in [0.2, 0.25) is 5.91 Å². The fourth-order valence-electron chi connectivity index (χ4n) is 1.81. The number of hydrogen-bond donors (Lipinski definition) is 3. The van der Waals surface area contributed by atoms with Crippen LogP contribution in [0.4, 0.5) is 16.2 Å². The van der Waals surface area contributed by atoms with Gasteiger partial charge < -0.3 is 20.6 Å². The molecule has 0 aliphatic rings. The predicted octanol–water partition coefficient (Wildman–Crippen LogP) is 2.20. The molecule has 0 aliphatic heterocycles. The Morgan fingerprint density at radius 2 is 1.77 bits per heavy atom. The van der Waals surface area contributed by atoms with Gasteiger partial charge in [-0.3, -0.25) is 4.79 Å². The molecule has 0 saturated heterocycles. The molecule has 122 valence electrons. The van der Waals surface area contributed by atoms with E-state index in [0.29, 0.717) is 5.69 Å². The normalized spacial score (nSPS) is 12.5. The molecule has 0 bridgehead atoms. The Bertz CT molecular complexity index is 520. The molecule has 6 nitrogen and oxygen atoms in total. The van der Waals surface area contributed by atoms with Gasteiger partial charge in [-0.25, -0.2) is 4.79 Å². The lowest BCUT2D eigenvalue weighted by atomic mass is 9.87. The Balaban J connectivity index is 2.67. The van der Waals surface area contributed by atoms with Crippen molar-refractivity contribution >= 4 is 23.3 Å². The highest BCUT2D eigenvalue weighted by atomic mass is 16.3. The first-order valence-electron chi connectivity index (χ1n) is 7.18. The van der Waals surface area contributed by atoms with Gasteiger partial charge >= 0.3 is 6.03 Å². The van der Waals surface area contributed by atoms with Crippen molar-refractivity contribution in [1.29, 1.82) is 0 Å². The van der Waals surface area contributed by atoms with Crippen LogP contribution in [-0.4, -0.2) is 36.7 Å². The Kier molecular flexibility index (Phi) is 5.93. The fraction of sp³-hybridized carbons (Fsp3) is 0.500. The number of carbonyl (C=O) groups excluding carboxylic acids is 2. The maximum atomic E-state index is 12.0. The topological polar surface area (TPSA) is 81.7 Å². The molecule has 0 spiro atoms. The summed E-state index contributed by atoms with van der Waals surface area (Å²) in [6.07, 6.45) is 0. The van der Waals surface area contributed by atoms with Crippen molar-refractivity contribution in [3.05, 3.63) is 24.3 Å². The average Bonchev–Trinajstić information content (AvgIpc) is 2.43. The van der Waals surface area contributed by atoms with E-state index in [1.807, 2.05) is 20.8 Å². The third-order valence-electron chi connectivity index (χ3n) is 3.52. The maximum absolute atomic E-state index is 12.0. The van der Waals surface area contributed by atoms with Gasteiger partial charge in [0.1, 0.15) is 0 Å². The standard InChI is InChI=1S/C16H25N3O3/c1-11(21)19(5)13-8-6-12(7-9-13)17-15(22)18-14(10-20)16(2,3)4/h6-9,14,20H,10H2,1-5H3,(H2,17,18,22). The lowest BCUT2D eigenvalue weighted by Gasteiger charge is -2.29. The first kappa shape index (κ1) is 18.0. The quantitative estimate of drug-likeness (QED) is 0.797. The molecule has 1 atom stereocenters. The lowest BCUT2D eigenvalue weighted by molar-refractivity contribution is -0.116. The number of nitrogens with zero attached hydrogens (tertiary/aromatic N) is 1. The Morgan fingerprint density at radius 3 is 2.18 bits per heavy atom. The maximum Gasteiger partial charge on any atom is 0.319 e. The number of anilines is 2. The summed E-state index contributed by atoms with van der Waals surface area (Å²) >= 11 is 0. The lowest BCUT2D eigenvalue weighted by Crippen LogP contribution is -2.47. The summed E-state index contributed by atoms with van der Waals surface area (Å²) in [4.78, 5) is 24.8. The van der Waals surface area contributed by atoms with Gasteiger partial charge in [0, 0.05) is 25.3 Å². The van der Waals surface area contributed by atoms with Crippen molar-refractivity contribution < 1.29 is 14.7 Å². The molecular formula is C16H25N3O3. The minimum atomic E-state index is -0.373. The molecule has 1 unspecified atom stereocenters. The zero-order valence-electron chi connectivity index (χ0n) is 13.8. The average molecular weight is 307 g/mol. The number of rotatable bonds is 4. The zero-order valence-corrected chi connectivity index (χ0v) is 13.8. The SMILES string of the molecule is CC(=O)N(C)c1ccc(NC(=O)NC(CO)C(C)(C)C)cc1. The summed E-state index contributed by atoms with van der Waals surface area (Å²) < 4.78 is 0. The van der Waals surface area contributed by atoms with Gasteiger partial charge in [-0.1, -0.05) is 20.8 Å². The van der Waals surface area contributed by atoms with E-state index in [1.165, 1.54) is 11.8 Å². The van der Waals surface area contributed by atoms with Crippen molar-refractivity contribution in [3.63, 3.8) is 0 Å². The first-order chi connectivity index (χ1) is 10.1. The van der Waals surface area contributed by atoms with Crippen molar-refractivity contribution in [2.75, 3.05) is 23.9 Å². The molecule has 1 rings (SSSR count). The minimum absolute atomic E-state index is 0.0607. The van der Waals surface area contributed by atoms with Gasteiger partial charge in [0.05, 0.1) is 12.6 Å². The minimum Gasteiger partial charge on any atom is -0.394 e. The summed E-state index contributed by atoms with van der Waals surface area (Å²) in [7, 11) is 1.69. The van der Waals surface area contributed by atoms with E-state index in [0.717, 1.165) is 5.69 Å². The van der Waals surface area contributed by atoms with E-state index < -0.39 is 0 Å². The van der Waals surface area contributed by atoms with E-state index >= 15 is 0 Å². The highest BCUT2D eigenvalue weighted by Gasteiger charge is 2.25. The molecule has 1 aromatic carbocycles. The molecule has 0 aromatic heterocycles. The Labute approximate surface area is 131 Å². The number of nitrogens with one attached hydrogen (secondary N) is 2. The first-order valence-corrected chi connectivity index (χ1v) is 7.18. The fourth-order valence-corrected chi connectivity index (χ4v) is 1.81. The third-order valence-corrected chi connectivity index (χ3v) is 3.52. The highest BCUT2D eigenvalue weighted by Crippen LogP contribution is 2.20. The molecule has 0 saturated carbocycles. The van der Waals surface area contributed by atoms with Gasteiger partial charge in [-0.2, -0.15) is 0 Å². The summed E-state index contributed by atoms with van der Waals surface area (Å²) in [6.45, 7) is 7.20. The van der Waals surface area contributed by atoms with Gasteiger partial charge in [-0.15, -0.1) is 0 Å². The highest BCUT2D eigenvalue weighted by molar-refractivity contribution is 5.92. The number of aliphatic hydroxyl groups excluding tert-OH is 1. The largest absolute Gasteiger partial charge is 0.394 e. The van der Waals surface area contributed by atoms with Crippen LogP contribution in [0.5, 0.6) is 0 Å². The van der Waals surface area contributed by atoms with Crippen LogP contribution in [0.1, 0.15) is 27.7 Å². The molecule has 0 heterocycles. The monoisotopic (exact) mass is 307 g/mol. The van der Waals surface area contributed by atoms with Gasteiger partial charge in [0.15, 0.2) is 0 Å².